The maximum Gasteiger partial charge on any atom is 0.257 e. The molecule has 242 valence electrons. The van der Waals surface area contributed by atoms with E-state index >= 15 is 0 Å². The van der Waals surface area contributed by atoms with Gasteiger partial charge in [0, 0.05) is 63.1 Å². The first-order valence-corrected chi connectivity index (χ1v) is 15.6. The van der Waals surface area contributed by atoms with Gasteiger partial charge in [0.2, 0.25) is 0 Å². The average Bonchev–Trinajstić information content (AvgIpc) is 3.49. The van der Waals surface area contributed by atoms with Crippen LogP contribution < -0.4 is 20.7 Å². The number of hydrogen-bond donors (Lipinski definition) is 3. The Balaban J connectivity index is 1.47. The first kappa shape index (κ1) is 32.6. The first-order valence-electron chi connectivity index (χ1n) is 15.6. The summed E-state index contributed by atoms with van der Waals surface area (Å²) >= 11 is 0. The molecule has 11 nitrogen and oxygen atoms in total. The highest BCUT2D eigenvalue weighted by Gasteiger charge is 2.27. The van der Waals surface area contributed by atoms with E-state index in [2.05, 4.69) is 32.9 Å². The molecule has 3 aromatic rings. The molecule has 2 aliphatic heterocycles. The molecule has 0 unspecified atom stereocenters. The van der Waals surface area contributed by atoms with Gasteiger partial charge >= 0.3 is 0 Å². The largest absolute Gasteiger partial charge is 0.484 e. The summed E-state index contributed by atoms with van der Waals surface area (Å²) in [6, 6.07) is 10.4. The number of nitrogens with one attached hydrogen (secondary N) is 3. The minimum atomic E-state index is -0.580. The number of halogens is 1. The van der Waals surface area contributed by atoms with E-state index in [1.165, 1.54) is 6.07 Å². The second kappa shape index (κ2) is 15.0. The highest BCUT2D eigenvalue weighted by atomic mass is 19.1. The minimum absolute atomic E-state index is 0.188. The number of amides is 2. The molecule has 2 aromatic carbocycles. The van der Waals surface area contributed by atoms with Crippen molar-refractivity contribution in [1.82, 2.24) is 25.3 Å². The standard InChI is InChI=1S/C33H43FN6O5/c1-5-40-10-8-31(38-40)37-33(42)26-16-27(32(41)36-17-25-20-43-12-13-44-25)29(14-22(26)3)45-30(19-39-11-9-35-23(4)18-39)24-7-6-21(2)28(34)15-24/h6-8,10,14-16,23,25,30,35H,5,9,11-13,17-20H2,1-4H3,(H,36,41)(H,37,38,42)/t23-,25-,30-/m1/s1. The van der Waals surface area contributed by atoms with Crippen molar-refractivity contribution in [2.45, 2.75) is 52.5 Å². The molecule has 0 spiro atoms. The van der Waals surface area contributed by atoms with Gasteiger partial charge in [0.15, 0.2) is 5.82 Å². The van der Waals surface area contributed by atoms with Gasteiger partial charge in [-0.25, -0.2) is 4.39 Å². The number of carbonyl (C=O) groups excluding carboxylic acids is 2. The van der Waals surface area contributed by atoms with Gasteiger partial charge in [-0.3, -0.25) is 19.2 Å². The summed E-state index contributed by atoms with van der Waals surface area (Å²) < 4.78 is 34.3. The van der Waals surface area contributed by atoms with E-state index in [9.17, 15) is 14.0 Å². The molecule has 2 saturated heterocycles. The minimum Gasteiger partial charge on any atom is -0.484 e. The summed E-state index contributed by atoms with van der Waals surface area (Å²) in [7, 11) is 0. The lowest BCUT2D eigenvalue weighted by Gasteiger charge is -2.34. The monoisotopic (exact) mass is 622 g/mol. The number of nitrogens with zero attached hydrogens (tertiary/aromatic N) is 3. The Bertz CT molecular complexity index is 1490. The number of carbonyl (C=O) groups is 2. The van der Waals surface area contributed by atoms with E-state index < -0.39 is 17.9 Å². The first-order chi connectivity index (χ1) is 21.7. The van der Waals surface area contributed by atoms with Crippen LogP contribution in [0.1, 0.15) is 57.4 Å². The molecule has 3 heterocycles. The molecule has 3 atom stereocenters. The number of ether oxygens (including phenoxy) is 3. The van der Waals surface area contributed by atoms with Crippen LogP contribution in [0.15, 0.2) is 42.6 Å². The Morgan fingerprint density at radius 3 is 2.69 bits per heavy atom. The molecule has 2 fully saturated rings. The molecule has 3 N–H and O–H groups in total. The second-order valence-corrected chi connectivity index (χ2v) is 11.7. The SMILES string of the molecule is CCn1ccc(NC(=O)c2cc(C(=O)NC[C@@H]3COCCO3)c(O[C@H](CN3CCN[C@H](C)C3)c3ccc(C)c(F)c3)cc2C)n1. The number of aromatic nitrogens is 2. The van der Waals surface area contributed by atoms with Gasteiger partial charge in [-0.05, 0) is 62.6 Å². The number of anilines is 1. The van der Waals surface area contributed by atoms with Crippen molar-refractivity contribution < 1.29 is 28.2 Å². The molecule has 12 heteroatoms. The summed E-state index contributed by atoms with van der Waals surface area (Å²) in [5.74, 6) is -0.435. The van der Waals surface area contributed by atoms with Crippen LogP contribution in [0, 0.1) is 19.7 Å². The summed E-state index contributed by atoms with van der Waals surface area (Å²) in [4.78, 5) is 29.4. The zero-order valence-electron chi connectivity index (χ0n) is 26.4. The van der Waals surface area contributed by atoms with E-state index in [0.29, 0.717) is 72.8 Å². The van der Waals surface area contributed by atoms with Crippen LogP contribution in [-0.4, -0.2) is 91.2 Å². The predicted molar refractivity (Wildman–Crippen MR) is 168 cm³/mol. The van der Waals surface area contributed by atoms with Crippen LogP contribution >= 0.6 is 0 Å². The second-order valence-electron chi connectivity index (χ2n) is 11.7. The van der Waals surface area contributed by atoms with Gasteiger partial charge in [-0.1, -0.05) is 12.1 Å². The van der Waals surface area contributed by atoms with Crippen molar-refractivity contribution in [3.05, 3.63) is 76.2 Å². The van der Waals surface area contributed by atoms with Crippen molar-refractivity contribution in [2.75, 3.05) is 57.9 Å². The highest BCUT2D eigenvalue weighted by Crippen LogP contribution is 2.31. The Kier molecular flexibility index (Phi) is 10.8. The van der Waals surface area contributed by atoms with Gasteiger partial charge < -0.3 is 30.2 Å². The lowest BCUT2D eigenvalue weighted by Crippen LogP contribution is -2.50. The van der Waals surface area contributed by atoms with Gasteiger partial charge in [0.1, 0.15) is 17.7 Å². The van der Waals surface area contributed by atoms with Crippen molar-refractivity contribution in [3.63, 3.8) is 0 Å². The van der Waals surface area contributed by atoms with Crippen LogP contribution in [0.4, 0.5) is 10.2 Å². The van der Waals surface area contributed by atoms with Gasteiger partial charge in [0.25, 0.3) is 11.8 Å². The topological polar surface area (TPSA) is 119 Å². The lowest BCUT2D eigenvalue weighted by atomic mass is 10.0. The van der Waals surface area contributed by atoms with Gasteiger partial charge in [0.05, 0.1) is 31.5 Å². The molecule has 0 aliphatic carbocycles. The maximum absolute atomic E-state index is 14.8. The van der Waals surface area contributed by atoms with Crippen LogP contribution in [0.3, 0.4) is 0 Å². The quantitative estimate of drug-likeness (QED) is 0.298. The Morgan fingerprint density at radius 1 is 1.13 bits per heavy atom. The van der Waals surface area contributed by atoms with E-state index in [1.54, 1.807) is 49.0 Å². The number of aryl methyl sites for hydroxylation is 3. The molecule has 2 amide bonds. The molecule has 45 heavy (non-hydrogen) atoms. The zero-order valence-corrected chi connectivity index (χ0v) is 26.4. The smallest absolute Gasteiger partial charge is 0.257 e. The number of piperazine rings is 1. The van der Waals surface area contributed by atoms with Crippen LogP contribution in [0.5, 0.6) is 5.75 Å². The fourth-order valence-electron chi connectivity index (χ4n) is 5.53. The van der Waals surface area contributed by atoms with Crippen LogP contribution in [-0.2, 0) is 16.0 Å². The predicted octanol–water partition coefficient (Wildman–Crippen LogP) is 3.47. The number of hydrogen-bond acceptors (Lipinski definition) is 8. The summed E-state index contributed by atoms with van der Waals surface area (Å²) in [6.07, 6.45) is 0.916. The molecule has 0 bridgehead atoms. The van der Waals surface area contributed by atoms with Gasteiger partial charge in [-0.2, -0.15) is 5.10 Å². The van der Waals surface area contributed by atoms with Crippen LogP contribution in [0.2, 0.25) is 0 Å². The van der Waals surface area contributed by atoms with Gasteiger partial charge in [-0.15, -0.1) is 0 Å². The lowest BCUT2D eigenvalue weighted by molar-refractivity contribution is -0.0855. The molecular weight excluding hydrogens is 579 g/mol. The van der Waals surface area contributed by atoms with E-state index in [1.807, 2.05) is 13.0 Å². The normalized spacial score (nSPS) is 19.6. The third-order valence-corrected chi connectivity index (χ3v) is 8.11. The zero-order chi connectivity index (χ0) is 31.9. The van der Waals surface area contributed by atoms with Crippen molar-refractivity contribution in [3.8, 4) is 5.75 Å². The maximum atomic E-state index is 14.8. The number of benzene rings is 2. The fraction of sp³-hybridized carbons (Fsp3) is 0.485. The van der Waals surface area contributed by atoms with E-state index in [0.717, 1.165) is 19.6 Å². The fourth-order valence-corrected chi connectivity index (χ4v) is 5.53. The molecule has 0 saturated carbocycles. The third-order valence-electron chi connectivity index (χ3n) is 8.11. The molecule has 0 radical (unpaired) electrons. The average molecular weight is 623 g/mol. The summed E-state index contributed by atoms with van der Waals surface area (Å²) in [5.41, 5.74) is 2.31. The Morgan fingerprint density at radius 2 is 1.98 bits per heavy atom. The highest BCUT2D eigenvalue weighted by molar-refractivity contribution is 6.07. The number of rotatable bonds is 11. The van der Waals surface area contributed by atoms with Crippen LogP contribution in [0.25, 0.3) is 0 Å². The van der Waals surface area contributed by atoms with Crippen molar-refractivity contribution in [2.24, 2.45) is 0 Å². The summed E-state index contributed by atoms with van der Waals surface area (Å²) in [5, 5.41) is 13.5. The molecule has 2 aliphatic rings. The molecule has 1 aromatic heterocycles. The Hall–Kier alpha value is -3.84. The van der Waals surface area contributed by atoms with Crippen molar-refractivity contribution in [1.29, 1.82) is 0 Å². The van der Waals surface area contributed by atoms with E-state index in [4.69, 9.17) is 14.2 Å². The van der Waals surface area contributed by atoms with Crippen molar-refractivity contribution >= 4 is 17.6 Å². The van der Waals surface area contributed by atoms with E-state index in [-0.39, 0.29) is 24.0 Å². The Labute approximate surface area is 263 Å². The summed E-state index contributed by atoms with van der Waals surface area (Å²) in [6.45, 7) is 12.8. The molecular formula is C33H43FN6O5. The third kappa shape index (κ3) is 8.46. The molecule has 5 rings (SSSR count).